The molecular weight excluding hydrogens is 366 g/mol. The van der Waals surface area contributed by atoms with Crippen LogP contribution in [0.15, 0.2) is 61.3 Å². The Morgan fingerprint density at radius 1 is 1.00 bits per heavy atom. The maximum Gasteiger partial charge on any atom is 0.269 e. The largest absolute Gasteiger partial charge is 0.351 e. The zero-order valence-corrected chi connectivity index (χ0v) is 16.3. The predicted molar refractivity (Wildman–Crippen MR) is 111 cm³/mol. The molecule has 1 amide bonds. The van der Waals surface area contributed by atoms with Crippen LogP contribution in [-0.2, 0) is 0 Å². The van der Waals surface area contributed by atoms with Crippen LogP contribution in [0.25, 0.3) is 5.69 Å². The van der Waals surface area contributed by atoms with Crippen LogP contribution in [0.3, 0.4) is 0 Å². The monoisotopic (exact) mass is 391 g/mol. The molecule has 0 unspecified atom stereocenters. The van der Waals surface area contributed by atoms with E-state index in [1.54, 1.807) is 29.5 Å². The lowest BCUT2D eigenvalue weighted by atomic mass is 10.3. The molecule has 0 spiro atoms. The first-order valence-corrected chi connectivity index (χ1v) is 9.91. The molecule has 0 aliphatic carbocycles. The number of nitrogens with one attached hydrogen (secondary N) is 1. The molecule has 3 heterocycles. The summed E-state index contributed by atoms with van der Waals surface area (Å²) in [6.07, 6.45) is 7.74. The Labute approximate surface area is 170 Å². The number of imidazole rings is 1. The molecule has 2 aromatic heterocycles. The van der Waals surface area contributed by atoms with Gasteiger partial charge >= 0.3 is 0 Å². The number of hydrogen-bond donors (Lipinski definition) is 1. The molecule has 3 aromatic rings. The second-order valence-electron chi connectivity index (χ2n) is 6.97. The lowest BCUT2D eigenvalue weighted by molar-refractivity contribution is 0.0944. The van der Waals surface area contributed by atoms with Gasteiger partial charge in [-0.3, -0.25) is 14.3 Å². The summed E-state index contributed by atoms with van der Waals surface area (Å²) in [5.74, 6) is 0.701. The number of rotatable bonds is 7. The predicted octanol–water partition coefficient (Wildman–Crippen LogP) is 1.60. The summed E-state index contributed by atoms with van der Waals surface area (Å²) in [7, 11) is 0. The number of anilines is 1. The van der Waals surface area contributed by atoms with Crippen LogP contribution in [0, 0.1) is 0 Å². The highest BCUT2D eigenvalue weighted by Gasteiger charge is 2.18. The molecule has 150 valence electrons. The molecule has 1 aliphatic heterocycles. The van der Waals surface area contributed by atoms with Crippen molar-refractivity contribution < 1.29 is 4.79 Å². The van der Waals surface area contributed by atoms with Gasteiger partial charge in [-0.25, -0.2) is 15.0 Å². The number of amides is 1. The summed E-state index contributed by atoms with van der Waals surface area (Å²) in [5.41, 5.74) is 1.48. The van der Waals surface area contributed by atoms with Crippen molar-refractivity contribution in [2.45, 2.75) is 6.42 Å². The third kappa shape index (κ3) is 4.78. The summed E-state index contributed by atoms with van der Waals surface area (Å²) in [6.45, 7) is 5.40. The van der Waals surface area contributed by atoms with Crippen LogP contribution in [-0.4, -0.2) is 69.6 Å². The molecule has 1 N–H and O–H groups in total. The van der Waals surface area contributed by atoms with Gasteiger partial charge in [0, 0.05) is 50.8 Å². The van der Waals surface area contributed by atoms with Gasteiger partial charge in [0.1, 0.15) is 5.69 Å². The van der Waals surface area contributed by atoms with Crippen LogP contribution >= 0.6 is 0 Å². The van der Waals surface area contributed by atoms with Crippen LogP contribution in [0.1, 0.15) is 16.9 Å². The Morgan fingerprint density at radius 2 is 1.76 bits per heavy atom. The van der Waals surface area contributed by atoms with Gasteiger partial charge in [-0.2, -0.15) is 0 Å². The third-order valence-corrected chi connectivity index (χ3v) is 5.05. The Hall–Kier alpha value is -3.26. The van der Waals surface area contributed by atoms with Gasteiger partial charge in [0.05, 0.1) is 12.5 Å². The van der Waals surface area contributed by atoms with Crippen molar-refractivity contribution in [3.05, 3.63) is 67.0 Å². The van der Waals surface area contributed by atoms with E-state index in [4.69, 9.17) is 0 Å². The van der Waals surface area contributed by atoms with Crippen LogP contribution in [0.5, 0.6) is 0 Å². The van der Waals surface area contributed by atoms with Crippen molar-refractivity contribution in [3.63, 3.8) is 0 Å². The van der Waals surface area contributed by atoms with E-state index in [9.17, 15) is 4.79 Å². The lowest BCUT2D eigenvalue weighted by Crippen LogP contribution is -2.47. The van der Waals surface area contributed by atoms with E-state index < -0.39 is 0 Å². The van der Waals surface area contributed by atoms with Crippen LogP contribution in [0.4, 0.5) is 5.95 Å². The summed E-state index contributed by atoms with van der Waals surface area (Å²) in [6, 6.07) is 11.6. The molecule has 29 heavy (non-hydrogen) atoms. The van der Waals surface area contributed by atoms with Gasteiger partial charge in [0.25, 0.3) is 5.91 Å². The molecule has 0 saturated carbocycles. The minimum Gasteiger partial charge on any atom is -0.351 e. The normalized spacial score (nSPS) is 14.7. The summed E-state index contributed by atoms with van der Waals surface area (Å²) >= 11 is 0. The smallest absolute Gasteiger partial charge is 0.269 e. The van der Waals surface area contributed by atoms with Gasteiger partial charge in [-0.15, -0.1) is 0 Å². The summed E-state index contributed by atoms with van der Waals surface area (Å²) in [4.78, 5) is 29.9. The first-order chi connectivity index (χ1) is 14.3. The fourth-order valence-corrected chi connectivity index (χ4v) is 3.48. The minimum absolute atomic E-state index is 0.0996. The number of piperazine rings is 1. The lowest BCUT2D eigenvalue weighted by Gasteiger charge is -2.34. The highest BCUT2D eigenvalue weighted by atomic mass is 16.1. The number of nitrogens with zero attached hydrogens (tertiary/aromatic N) is 6. The molecule has 0 bridgehead atoms. The summed E-state index contributed by atoms with van der Waals surface area (Å²) < 4.78 is 1.81. The molecule has 0 atom stereocenters. The fourth-order valence-electron chi connectivity index (χ4n) is 3.48. The summed E-state index contributed by atoms with van der Waals surface area (Å²) in [5, 5.41) is 3.01. The van der Waals surface area contributed by atoms with E-state index in [1.807, 2.05) is 36.4 Å². The maximum absolute atomic E-state index is 12.5. The fraction of sp³-hybridized carbons (Fsp3) is 0.333. The number of carbonyl (C=O) groups excluding carboxylic acids is 1. The number of para-hydroxylation sites is 1. The zero-order valence-electron chi connectivity index (χ0n) is 16.3. The van der Waals surface area contributed by atoms with Gasteiger partial charge in [-0.1, -0.05) is 18.2 Å². The Morgan fingerprint density at radius 3 is 2.52 bits per heavy atom. The molecular formula is C21H25N7O. The molecule has 1 saturated heterocycles. The van der Waals surface area contributed by atoms with Crippen molar-refractivity contribution in [1.29, 1.82) is 0 Å². The van der Waals surface area contributed by atoms with Crippen molar-refractivity contribution >= 4 is 11.9 Å². The Bertz CT molecular complexity index is 905. The first kappa shape index (κ1) is 19.1. The number of benzene rings is 1. The number of aromatic nitrogens is 4. The SMILES string of the molecule is O=C(NCCCN1CCN(c2ncccn2)CC1)c1cncn1-c1ccccc1. The topological polar surface area (TPSA) is 79.2 Å². The average Bonchev–Trinajstić information content (AvgIpc) is 3.28. The number of carbonyl (C=O) groups is 1. The first-order valence-electron chi connectivity index (χ1n) is 9.91. The molecule has 1 aliphatic rings. The van der Waals surface area contributed by atoms with Crippen LogP contribution in [0.2, 0.25) is 0 Å². The highest BCUT2D eigenvalue weighted by molar-refractivity contribution is 5.92. The van der Waals surface area contributed by atoms with Crippen molar-refractivity contribution in [2.24, 2.45) is 0 Å². The van der Waals surface area contributed by atoms with Crippen molar-refractivity contribution in [3.8, 4) is 5.69 Å². The Balaban J connectivity index is 1.20. The molecule has 4 rings (SSSR count). The Kier molecular flexibility index (Phi) is 6.11. The minimum atomic E-state index is -0.0996. The maximum atomic E-state index is 12.5. The third-order valence-electron chi connectivity index (χ3n) is 5.05. The quantitative estimate of drug-likeness (QED) is 0.617. The molecule has 1 fully saturated rings. The molecule has 0 radical (unpaired) electrons. The van der Waals surface area contributed by atoms with E-state index in [2.05, 4.69) is 30.1 Å². The van der Waals surface area contributed by atoms with Gasteiger partial charge in [0.15, 0.2) is 0 Å². The van der Waals surface area contributed by atoms with Crippen molar-refractivity contribution in [1.82, 2.24) is 29.7 Å². The van der Waals surface area contributed by atoms with E-state index in [0.717, 1.165) is 50.8 Å². The molecule has 8 nitrogen and oxygen atoms in total. The van der Waals surface area contributed by atoms with E-state index in [0.29, 0.717) is 12.2 Å². The van der Waals surface area contributed by atoms with E-state index in [1.165, 1.54) is 0 Å². The second kappa shape index (κ2) is 9.29. The van der Waals surface area contributed by atoms with Crippen LogP contribution < -0.4 is 10.2 Å². The molecule has 8 heteroatoms. The molecule has 1 aromatic carbocycles. The highest BCUT2D eigenvalue weighted by Crippen LogP contribution is 2.11. The van der Waals surface area contributed by atoms with E-state index in [-0.39, 0.29) is 5.91 Å². The van der Waals surface area contributed by atoms with Gasteiger partial charge in [0.2, 0.25) is 5.95 Å². The number of hydrogen-bond acceptors (Lipinski definition) is 6. The van der Waals surface area contributed by atoms with E-state index >= 15 is 0 Å². The van der Waals surface area contributed by atoms with Gasteiger partial charge < -0.3 is 10.2 Å². The second-order valence-corrected chi connectivity index (χ2v) is 6.97. The van der Waals surface area contributed by atoms with Crippen molar-refractivity contribution in [2.75, 3.05) is 44.2 Å². The van der Waals surface area contributed by atoms with Gasteiger partial charge in [-0.05, 0) is 31.2 Å². The average molecular weight is 391 g/mol. The standard InChI is InChI=1S/C21H25N7O/c29-20(19-16-22-17-28(19)18-6-2-1-3-7-18)23-10-5-11-26-12-14-27(15-13-26)21-24-8-4-9-25-21/h1-4,6-9,16-17H,5,10-15H2,(H,23,29). The zero-order chi connectivity index (χ0) is 19.9.